The fourth-order valence-electron chi connectivity index (χ4n) is 2.25. The first-order chi connectivity index (χ1) is 8.66. The predicted molar refractivity (Wildman–Crippen MR) is 68.6 cm³/mol. The third-order valence-electron chi connectivity index (χ3n) is 3.44. The van der Waals surface area contributed by atoms with Gasteiger partial charge in [-0.1, -0.05) is 12.1 Å². The van der Waals surface area contributed by atoms with Crippen LogP contribution < -0.4 is 10.6 Å². The highest BCUT2D eigenvalue weighted by Crippen LogP contribution is 2.16. The van der Waals surface area contributed by atoms with E-state index in [-0.39, 0.29) is 23.7 Å². The number of rotatable bonds is 3. The van der Waals surface area contributed by atoms with Crippen LogP contribution in [0, 0.1) is 11.7 Å². The van der Waals surface area contributed by atoms with Gasteiger partial charge in [0.15, 0.2) is 0 Å². The normalized spacial score (nSPS) is 18.3. The number of halogens is 1. The fraction of sp³-hybridized carbons (Fsp3) is 0.500. The maximum absolute atomic E-state index is 12.8. The lowest BCUT2D eigenvalue weighted by Gasteiger charge is -2.24. The number of piperidine rings is 1. The molecule has 1 fully saturated rings. The van der Waals surface area contributed by atoms with E-state index in [1.165, 1.54) is 12.1 Å². The van der Waals surface area contributed by atoms with Gasteiger partial charge in [0.2, 0.25) is 5.91 Å². The number of carbonyl (C=O) groups excluding carboxylic acids is 1. The highest BCUT2D eigenvalue weighted by Gasteiger charge is 2.22. The van der Waals surface area contributed by atoms with E-state index < -0.39 is 0 Å². The highest BCUT2D eigenvalue weighted by atomic mass is 19.1. The Bertz CT molecular complexity index is 399. The molecule has 98 valence electrons. The van der Waals surface area contributed by atoms with Gasteiger partial charge in [0, 0.05) is 5.92 Å². The van der Waals surface area contributed by atoms with Crippen molar-refractivity contribution in [1.82, 2.24) is 10.6 Å². The summed E-state index contributed by atoms with van der Waals surface area (Å²) in [5.41, 5.74) is 0.929. The van der Waals surface area contributed by atoms with Crippen LogP contribution in [0.15, 0.2) is 24.3 Å². The molecule has 0 bridgehead atoms. The molecular weight excluding hydrogens is 231 g/mol. The standard InChI is InChI=1S/C14H19FN2O/c1-10(11-2-4-13(15)5-3-11)17-14(18)12-6-8-16-9-7-12/h2-5,10,12,16H,6-9H2,1H3,(H,17,18). The molecule has 0 spiro atoms. The number of carbonyl (C=O) groups is 1. The first kappa shape index (κ1) is 13.0. The summed E-state index contributed by atoms with van der Waals surface area (Å²) in [6.45, 7) is 3.73. The van der Waals surface area contributed by atoms with Crippen molar-refractivity contribution < 1.29 is 9.18 Å². The molecule has 18 heavy (non-hydrogen) atoms. The molecular formula is C14H19FN2O. The molecule has 1 heterocycles. The molecule has 1 aliphatic rings. The monoisotopic (exact) mass is 250 g/mol. The smallest absolute Gasteiger partial charge is 0.223 e. The van der Waals surface area contributed by atoms with Gasteiger partial charge in [-0.25, -0.2) is 4.39 Å². The first-order valence-electron chi connectivity index (χ1n) is 6.43. The third-order valence-corrected chi connectivity index (χ3v) is 3.44. The number of hydrogen-bond donors (Lipinski definition) is 2. The molecule has 2 rings (SSSR count). The summed E-state index contributed by atoms with van der Waals surface area (Å²) in [6.07, 6.45) is 1.78. The third kappa shape index (κ3) is 3.29. The van der Waals surface area contributed by atoms with E-state index in [1.807, 2.05) is 6.92 Å². The summed E-state index contributed by atoms with van der Waals surface area (Å²) in [5, 5.41) is 6.24. The average Bonchev–Trinajstić information content (AvgIpc) is 2.40. The second-order valence-corrected chi connectivity index (χ2v) is 4.81. The molecule has 1 unspecified atom stereocenters. The van der Waals surface area contributed by atoms with Crippen LogP contribution in [-0.2, 0) is 4.79 Å². The van der Waals surface area contributed by atoms with Crippen molar-refractivity contribution in [2.24, 2.45) is 5.92 Å². The van der Waals surface area contributed by atoms with Crippen molar-refractivity contribution in [3.8, 4) is 0 Å². The maximum atomic E-state index is 12.8. The van der Waals surface area contributed by atoms with E-state index in [0.717, 1.165) is 31.5 Å². The summed E-state index contributed by atoms with van der Waals surface area (Å²) in [7, 11) is 0. The number of hydrogen-bond acceptors (Lipinski definition) is 2. The molecule has 1 aromatic rings. The molecule has 1 aromatic carbocycles. The fourth-order valence-corrected chi connectivity index (χ4v) is 2.25. The molecule has 3 nitrogen and oxygen atoms in total. The van der Waals surface area contributed by atoms with Gasteiger partial charge in [-0.2, -0.15) is 0 Å². The highest BCUT2D eigenvalue weighted by molar-refractivity contribution is 5.79. The van der Waals surface area contributed by atoms with Crippen LogP contribution in [0.25, 0.3) is 0 Å². The van der Waals surface area contributed by atoms with Crippen molar-refractivity contribution in [3.63, 3.8) is 0 Å². The topological polar surface area (TPSA) is 41.1 Å². The van der Waals surface area contributed by atoms with Crippen LogP contribution in [0.1, 0.15) is 31.4 Å². The zero-order valence-corrected chi connectivity index (χ0v) is 10.6. The van der Waals surface area contributed by atoms with Crippen LogP contribution in [0.4, 0.5) is 4.39 Å². The minimum absolute atomic E-state index is 0.0759. The van der Waals surface area contributed by atoms with Crippen LogP contribution >= 0.6 is 0 Å². The van der Waals surface area contributed by atoms with Crippen LogP contribution in [0.5, 0.6) is 0 Å². The van der Waals surface area contributed by atoms with Crippen LogP contribution in [-0.4, -0.2) is 19.0 Å². The maximum Gasteiger partial charge on any atom is 0.223 e. The van der Waals surface area contributed by atoms with Crippen molar-refractivity contribution >= 4 is 5.91 Å². The van der Waals surface area contributed by atoms with Crippen molar-refractivity contribution in [2.75, 3.05) is 13.1 Å². The minimum Gasteiger partial charge on any atom is -0.349 e. The number of benzene rings is 1. The molecule has 1 atom stereocenters. The second kappa shape index (κ2) is 5.96. The molecule has 1 aliphatic heterocycles. The zero-order valence-electron chi connectivity index (χ0n) is 10.6. The van der Waals surface area contributed by atoms with Crippen molar-refractivity contribution in [1.29, 1.82) is 0 Å². The Hall–Kier alpha value is -1.42. The summed E-state index contributed by atoms with van der Waals surface area (Å²) < 4.78 is 12.8. The summed E-state index contributed by atoms with van der Waals surface area (Å²) >= 11 is 0. The van der Waals surface area contributed by atoms with E-state index in [4.69, 9.17) is 0 Å². The summed E-state index contributed by atoms with van der Waals surface area (Å²) in [5.74, 6) is -0.0434. The molecule has 2 N–H and O–H groups in total. The lowest BCUT2D eigenvalue weighted by Crippen LogP contribution is -2.39. The Balaban J connectivity index is 1.91. The van der Waals surface area contributed by atoms with Gasteiger partial charge < -0.3 is 10.6 Å². The largest absolute Gasteiger partial charge is 0.349 e. The summed E-state index contributed by atoms with van der Waals surface area (Å²) in [4.78, 5) is 12.0. The Morgan fingerprint density at radius 2 is 1.94 bits per heavy atom. The van der Waals surface area contributed by atoms with Gasteiger partial charge in [0.05, 0.1) is 6.04 Å². The Morgan fingerprint density at radius 3 is 2.56 bits per heavy atom. The molecule has 0 radical (unpaired) electrons. The average molecular weight is 250 g/mol. The van der Waals surface area contributed by atoms with Crippen molar-refractivity contribution in [3.05, 3.63) is 35.6 Å². The van der Waals surface area contributed by atoms with Gasteiger partial charge in [-0.15, -0.1) is 0 Å². The van der Waals surface area contributed by atoms with Crippen LogP contribution in [0.3, 0.4) is 0 Å². The van der Waals surface area contributed by atoms with Gasteiger partial charge in [-0.05, 0) is 50.6 Å². The Kier molecular flexibility index (Phi) is 4.31. The molecule has 1 saturated heterocycles. The lowest BCUT2D eigenvalue weighted by molar-refractivity contribution is -0.126. The number of amides is 1. The molecule has 1 amide bonds. The predicted octanol–water partition coefficient (Wildman–Crippen LogP) is 2.00. The van der Waals surface area contributed by atoms with E-state index >= 15 is 0 Å². The Morgan fingerprint density at radius 1 is 1.33 bits per heavy atom. The zero-order chi connectivity index (χ0) is 13.0. The molecule has 4 heteroatoms. The van der Waals surface area contributed by atoms with Gasteiger partial charge in [0.1, 0.15) is 5.82 Å². The SMILES string of the molecule is CC(NC(=O)C1CCNCC1)c1ccc(F)cc1. The molecule has 0 saturated carbocycles. The van der Waals surface area contributed by atoms with E-state index in [0.29, 0.717) is 0 Å². The lowest BCUT2D eigenvalue weighted by atomic mass is 9.96. The quantitative estimate of drug-likeness (QED) is 0.861. The van der Waals surface area contributed by atoms with Crippen LogP contribution in [0.2, 0.25) is 0 Å². The van der Waals surface area contributed by atoms with Crippen molar-refractivity contribution in [2.45, 2.75) is 25.8 Å². The summed E-state index contributed by atoms with van der Waals surface area (Å²) in [6, 6.07) is 6.18. The van der Waals surface area contributed by atoms with E-state index in [1.54, 1.807) is 12.1 Å². The second-order valence-electron chi connectivity index (χ2n) is 4.81. The Labute approximate surface area is 107 Å². The first-order valence-corrected chi connectivity index (χ1v) is 6.43. The van der Waals surface area contributed by atoms with E-state index in [2.05, 4.69) is 10.6 Å². The number of nitrogens with one attached hydrogen (secondary N) is 2. The molecule has 0 aliphatic carbocycles. The molecule has 0 aromatic heterocycles. The van der Waals surface area contributed by atoms with Gasteiger partial charge in [0.25, 0.3) is 0 Å². The minimum atomic E-state index is -0.254. The van der Waals surface area contributed by atoms with Gasteiger partial charge >= 0.3 is 0 Å². The van der Waals surface area contributed by atoms with E-state index in [9.17, 15) is 9.18 Å². The van der Waals surface area contributed by atoms with Gasteiger partial charge in [-0.3, -0.25) is 4.79 Å².